The Hall–Kier alpha value is -1.61. The molecule has 0 radical (unpaired) electrons. The number of hydrogen-bond acceptors (Lipinski definition) is 3. The molecule has 0 saturated heterocycles. The van der Waals surface area contributed by atoms with Crippen molar-refractivity contribution in [1.82, 2.24) is 9.97 Å². The standard InChI is InChI=1S/C13H13ClN2O/c14-9-11-10-15-7-4-13(11)17-8-5-12-3-1-2-6-16-12/h1-4,6-7,10H,5,8-9H2. The lowest BCUT2D eigenvalue weighted by atomic mass is 10.3. The third kappa shape index (κ3) is 3.43. The van der Waals surface area contributed by atoms with Gasteiger partial charge < -0.3 is 4.74 Å². The molecule has 0 aliphatic rings. The molecule has 2 heterocycles. The number of hydrogen-bond donors (Lipinski definition) is 0. The van der Waals surface area contributed by atoms with E-state index in [-0.39, 0.29) is 0 Å². The number of alkyl halides is 1. The number of pyridine rings is 2. The van der Waals surface area contributed by atoms with Gasteiger partial charge >= 0.3 is 0 Å². The van der Waals surface area contributed by atoms with Crippen LogP contribution >= 0.6 is 11.6 Å². The number of aromatic nitrogens is 2. The summed E-state index contributed by atoms with van der Waals surface area (Å²) in [6.07, 6.45) is 5.99. The van der Waals surface area contributed by atoms with Crippen molar-refractivity contribution >= 4 is 11.6 Å². The van der Waals surface area contributed by atoms with E-state index in [9.17, 15) is 0 Å². The number of nitrogens with zero attached hydrogens (tertiary/aromatic N) is 2. The third-order valence-corrected chi connectivity index (χ3v) is 2.63. The van der Waals surface area contributed by atoms with Crippen LogP contribution in [0.1, 0.15) is 11.3 Å². The quantitative estimate of drug-likeness (QED) is 0.764. The maximum absolute atomic E-state index is 5.80. The molecule has 17 heavy (non-hydrogen) atoms. The molecule has 0 atom stereocenters. The highest BCUT2D eigenvalue weighted by Crippen LogP contribution is 2.18. The van der Waals surface area contributed by atoms with Crippen LogP contribution < -0.4 is 4.74 Å². The number of halogens is 1. The Bertz CT molecular complexity index is 462. The summed E-state index contributed by atoms with van der Waals surface area (Å²) in [5, 5.41) is 0. The van der Waals surface area contributed by atoms with Gasteiger partial charge in [0.1, 0.15) is 5.75 Å². The average Bonchev–Trinajstić information content (AvgIpc) is 2.40. The highest BCUT2D eigenvalue weighted by molar-refractivity contribution is 6.17. The second-order valence-electron chi connectivity index (χ2n) is 3.54. The van der Waals surface area contributed by atoms with Gasteiger partial charge in [0.05, 0.1) is 12.5 Å². The predicted octanol–water partition coefficient (Wildman–Crippen LogP) is 2.84. The van der Waals surface area contributed by atoms with E-state index in [1.165, 1.54) is 0 Å². The van der Waals surface area contributed by atoms with Crippen LogP contribution in [0.3, 0.4) is 0 Å². The Labute approximate surface area is 105 Å². The molecule has 4 heteroatoms. The van der Waals surface area contributed by atoms with E-state index in [2.05, 4.69) is 9.97 Å². The summed E-state index contributed by atoms with van der Waals surface area (Å²) in [5.74, 6) is 1.21. The van der Waals surface area contributed by atoms with Gasteiger partial charge in [0.15, 0.2) is 0 Å². The first kappa shape index (κ1) is 11.9. The van der Waals surface area contributed by atoms with Crippen molar-refractivity contribution < 1.29 is 4.74 Å². The van der Waals surface area contributed by atoms with Crippen molar-refractivity contribution in [2.75, 3.05) is 6.61 Å². The van der Waals surface area contributed by atoms with Crippen molar-refractivity contribution in [3.63, 3.8) is 0 Å². The molecule has 0 aliphatic heterocycles. The maximum Gasteiger partial charge on any atom is 0.126 e. The lowest BCUT2D eigenvalue weighted by Crippen LogP contribution is -2.04. The van der Waals surface area contributed by atoms with Crippen LogP contribution in [0.5, 0.6) is 5.75 Å². The Morgan fingerprint density at radius 3 is 2.88 bits per heavy atom. The van der Waals surface area contributed by atoms with Gasteiger partial charge in [-0.15, -0.1) is 11.6 Å². The van der Waals surface area contributed by atoms with E-state index in [1.54, 1.807) is 18.6 Å². The monoisotopic (exact) mass is 248 g/mol. The van der Waals surface area contributed by atoms with Crippen LogP contribution in [0.15, 0.2) is 42.9 Å². The molecule has 0 fully saturated rings. The molecule has 0 bridgehead atoms. The second kappa shape index (κ2) is 6.21. The number of ether oxygens (including phenoxy) is 1. The lowest BCUT2D eigenvalue weighted by Gasteiger charge is -2.08. The fourth-order valence-corrected chi connectivity index (χ4v) is 1.67. The summed E-state index contributed by atoms with van der Waals surface area (Å²) in [4.78, 5) is 8.24. The lowest BCUT2D eigenvalue weighted by molar-refractivity contribution is 0.317. The van der Waals surface area contributed by atoms with Gasteiger partial charge in [0.25, 0.3) is 0 Å². The molecule has 0 saturated carbocycles. The predicted molar refractivity (Wildman–Crippen MR) is 67.2 cm³/mol. The van der Waals surface area contributed by atoms with Gasteiger partial charge in [-0.25, -0.2) is 0 Å². The Kier molecular flexibility index (Phi) is 4.33. The molecule has 0 spiro atoms. The zero-order valence-corrected chi connectivity index (χ0v) is 10.1. The topological polar surface area (TPSA) is 35.0 Å². The van der Waals surface area contributed by atoms with E-state index < -0.39 is 0 Å². The molecular weight excluding hydrogens is 236 g/mol. The average molecular weight is 249 g/mol. The molecular formula is C13H13ClN2O. The van der Waals surface area contributed by atoms with Crippen molar-refractivity contribution in [2.45, 2.75) is 12.3 Å². The van der Waals surface area contributed by atoms with Crippen LogP contribution in [0, 0.1) is 0 Å². The fourth-order valence-electron chi connectivity index (χ4n) is 1.47. The maximum atomic E-state index is 5.80. The minimum Gasteiger partial charge on any atom is -0.493 e. The second-order valence-corrected chi connectivity index (χ2v) is 3.80. The van der Waals surface area contributed by atoms with E-state index in [1.807, 2.05) is 24.3 Å². The van der Waals surface area contributed by atoms with Gasteiger partial charge in [-0.05, 0) is 18.2 Å². The van der Waals surface area contributed by atoms with Crippen LogP contribution in [0.25, 0.3) is 0 Å². The molecule has 3 nitrogen and oxygen atoms in total. The van der Waals surface area contributed by atoms with E-state index in [0.29, 0.717) is 12.5 Å². The molecule has 0 unspecified atom stereocenters. The first-order valence-electron chi connectivity index (χ1n) is 5.41. The van der Waals surface area contributed by atoms with E-state index in [0.717, 1.165) is 23.4 Å². The van der Waals surface area contributed by atoms with Gasteiger partial charge in [-0.1, -0.05) is 6.07 Å². The van der Waals surface area contributed by atoms with Crippen molar-refractivity contribution in [2.24, 2.45) is 0 Å². The minimum atomic E-state index is 0.409. The first-order valence-corrected chi connectivity index (χ1v) is 5.95. The van der Waals surface area contributed by atoms with E-state index >= 15 is 0 Å². The van der Waals surface area contributed by atoms with Gasteiger partial charge in [0, 0.05) is 36.3 Å². The third-order valence-electron chi connectivity index (χ3n) is 2.34. The summed E-state index contributed by atoms with van der Waals surface area (Å²) < 4.78 is 5.67. The summed E-state index contributed by atoms with van der Waals surface area (Å²) >= 11 is 5.80. The summed E-state index contributed by atoms with van der Waals surface area (Å²) in [7, 11) is 0. The summed E-state index contributed by atoms with van der Waals surface area (Å²) in [6, 6.07) is 7.69. The molecule has 2 aromatic heterocycles. The van der Waals surface area contributed by atoms with Crippen molar-refractivity contribution in [3.8, 4) is 5.75 Å². The summed E-state index contributed by atoms with van der Waals surface area (Å²) in [6.45, 7) is 0.588. The SMILES string of the molecule is ClCc1cnccc1OCCc1ccccn1. The van der Waals surface area contributed by atoms with Crippen molar-refractivity contribution in [1.29, 1.82) is 0 Å². The minimum absolute atomic E-state index is 0.409. The van der Waals surface area contributed by atoms with Gasteiger partial charge in [-0.3, -0.25) is 9.97 Å². The van der Waals surface area contributed by atoms with E-state index in [4.69, 9.17) is 16.3 Å². The molecule has 0 amide bonds. The molecule has 0 N–H and O–H groups in total. The Morgan fingerprint density at radius 1 is 1.18 bits per heavy atom. The Morgan fingerprint density at radius 2 is 2.12 bits per heavy atom. The molecule has 2 aromatic rings. The molecule has 2 rings (SSSR count). The van der Waals surface area contributed by atoms with Gasteiger partial charge in [-0.2, -0.15) is 0 Å². The Balaban J connectivity index is 1.90. The van der Waals surface area contributed by atoms with Gasteiger partial charge in [0.2, 0.25) is 0 Å². The van der Waals surface area contributed by atoms with Crippen molar-refractivity contribution in [3.05, 3.63) is 54.1 Å². The van der Waals surface area contributed by atoms with Crippen LogP contribution in [0.4, 0.5) is 0 Å². The fraction of sp³-hybridized carbons (Fsp3) is 0.231. The highest BCUT2D eigenvalue weighted by atomic mass is 35.5. The molecule has 0 aromatic carbocycles. The van der Waals surface area contributed by atoms with Crippen LogP contribution in [0.2, 0.25) is 0 Å². The largest absolute Gasteiger partial charge is 0.493 e. The van der Waals surface area contributed by atoms with Crippen LogP contribution in [-0.2, 0) is 12.3 Å². The normalized spacial score (nSPS) is 10.2. The molecule has 88 valence electrons. The highest BCUT2D eigenvalue weighted by Gasteiger charge is 2.02. The summed E-state index contributed by atoms with van der Waals surface area (Å²) in [5.41, 5.74) is 1.93. The zero-order valence-electron chi connectivity index (χ0n) is 9.34. The smallest absolute Gasteiger partial charge is 0.126 e. The first-order chi connectivity index (χ1) is 8.40. The number of rotatable bonds is 5. The molecule has 0 aliphatic carbocycles. The van der Waals surface area contributed by atoms with Crippen LogP contribution in [-0.4, -0.2) is 16.6 Å². The zero-order chi connectivity index (χ0) is 11.9.